The first-order valence-electron chi connectivity index (χ1n) is 6.94. The minimum absolute atomic E-state index is 0.147. The van der Waals surface area contributed by atoms with Gasteiger partial charge in [-0.25, -0.2) is 0 Å². The van der Waals surface area contributed by atoms with Gasteiger partial charge in [0.05, 0.1) is 5.92 Å². The Morgan fingerprint density at radius 3 is 2.43 bits per heavy atom. The minimum Gasteiger partial charge on any atom is -0.461 e. The minimum atomic E-state index is -0.294. The van der Waals surface area contributed by atoms with E-state index < -0.39 is 0 Å². The molecule has 21 heavy (non-hydrogen) atoms. The van der Waals surface area contributed by atoms with E-state index in [1.54, 1.807) is 6.92 Å². The lowest BCUT2D eigenvalue weighted by atomic mass is 9.93. The summed E-state index contributed by atoms with van der Waals surface area (Å²) in [5, 5.41) is 0. The standard InChI is InChI=1S/C18H16O3/c1-11(19)18-15-6-4-3-5-14(15)17-9-13(7-8-16(17)18)10-21-12(2)20/h3-9,18H,10H2,1-2H3. The Bertz CT molecular complexity index is 731. The van der Waals surface area contributed by atoms with E-state index in [1.165, 1.54) is 6.92 Å². The molecular formula is C18H16O3. The molecule has 3 nitrogen and oxygen atoms in total. The number of carbonyl (C=O) groups excluding carboxylic acids is 2. The number of rotatable bonds is 3. The highest BCUT2D eigenvalue weighted by atomic mass is 16.5. The highest BCUT2D eigenvalue weighted by molar-refractivity contribution is 5.96. The van der Waals surface area contributed by atoms with Crippen LogP contribution in [0.2, 0.25) is 0 Å². The molecule has 2 aromatic carbocycles. The Morgan fingerprint density at radius 1 is 1.00 bits per heavy atom. The third kappa shape index (κ3) is 2.35. The molecule has 0 radical (unpaired) electrons. The fourth-order valence-electron chi connectivity index (χ4n) is 2.96. The van der Waals surface area contributed by atoms with Crippen molar-refractivity contribution in [2.24, 2.45) is 0 Å². The molecule has 0 N–H and O–H groups in total. The highest BCUT2D eigenvalue weighted by Gasteiger charge is 2.31. The third-order valence-corrected chi connectivity index (χ3v) is 3.84. The van der Waals surface area contributed by atoms with Gasteiger partial charge in [0.15, 0.2) is 0 Å². The molecule has 0 heterocycles. The Morgan fingerprint density at radius 2 is 1.71 bits per heavy atom. The number of hydrogen-bond acceptors (Lipinski definition) is 3. The molecule has 0 aromatic heterocycles. The van der Waals surface area contributed by atoms with Gasteiger partial charge in [-0.1, -0.05) is 36.4 Å². The smallest absolute Gasteiger partial charge is 0.302 e. The number of fused-ring (bicyclic) bond motifs is 3. The maximum absolute atomic E-state index is 12.0. The molecule has 3 rings (SSSR count). The van der Waals surface area contributed by atoms with Crippen LogP contribution in [0.25, 0.3) is 11.1 Å². The average Bonchev–Trinajstić information content (AvgIpc) is 2.79. The molecule has 106 valence electrons. The Hall–Kier alpha value is -2.42. The van der Waals surface area contributed by atoms with Gasteiger partial charge in [-0.2, -0.15) is 0 Å². The zero-order valence-electron chi connectivity index (χ0n) is 12.1. The van der Waals surface area contributed by atoms with Crippen LogP contribution in [-0.2, 0) is 20.9 Å². The van der Waals surface area contributed by atoms with Gasteiger partial charge in [-0.15, -0.1) is 0 Å². The number of carbonyl (C=O) groups is 2. The van der Waals surface area contributed by atoms with Gasteiger partial charge in [0.1, 0.15) is 12.4 Å². The summed E-state index contributed by atoms with van der Waals surface area (Å²) in [6, 6.07) is 13.9. The maximum atomic E-state index is 12.0. The van der Waals surface area contributed by atoms with Gasteiger partial charge < -0.3 is 4.74 Å². The van der Waals surface area contributed by atoms with Crippen molar-refractivity contribution in [2.75, 3.05) is 0 Å². The normalized spacial score (nSPS) is 15.2. The van der Waals surface area contributed by atoms with Gasteiger partial charge in [0.25, 0.3) is 0 Å². The number of hydrogen-bond donors (Lipinski definition) is 0. The van der Waals surface area contributed by atoms with Crippen LogP contribution in [0.5, 0.6) is 0 Å². The molecule has 0 saturated carbocycles. The van der Waals surface area contributed by atoms with Crippen molar-refractivity contribution in [2.45, 2.75) is 26.4 Å². The Kier molecular flexibility index (Phi) is 3.34. The number of benzene rings is 2. The molecule has 1 aliphatic carbocycles. The van der Waals surface area contributed by atoms with Gasteiger partial charge in [0.2, 0.25) is 0 Å². The molecule has 0 bridgehead atoms. The summed E-state index contributed by atoms with van der Waals surface area (Å²) in [6.45, 7) is 3.29. The van der Waals surface area contributed by atoms with E-state index in [-0.39, 0.29) is 24.3 Å². The Labute approximate surface area is 123 Å². The van der Waals surface area contributed by atoms with E-state index in [4.69, 9.17) is 4.74 Å². The molecule has 1 aliphatic rings. The lowest BCUT2D eigenvalue weighted by Crippen LogP contribution is -2.07. The summed E-state index contributed by atoms with van der Waals surface area (Å²) in [7, 11) is 0. The van der Waals surface area contributed by atoms with Crippen LogP contribution in [0, 0.1) is 0 Å². The molecule has 1 atom stereocenters. The lowest BCUT2D eigenvalue weighted by Gasteiger charge is -2.10. The summed E-state index contributed by atoms with van der Waals surface area (Å²) in [6.07, 6.45) is 0. The monoisotopic (exact) mass is 280 g/mol. The zero-order valence-corrected chi connectivity index (χ0v) is 12.1. The van der Waals surface area contributed by atoms with Gasteiger partial charge in [-0.05, 0) is 40.8 Å². The van der Waals surface area contributed by atoms with Crippen LogP contribution >= 0.6 is 0 Å². The lowest BCUT2D eigenvalue weighted by molar-refractivity contribution is -0.142. The van der Waals surface area contributed by atoms with Crippen molar-refractivity contribution in [1.82, 2.24) is 0 Å². The van der Waals surface area contributed by atoms with Gasteiger partial charge in [-0.3, -0.25) is 9.59 Å². The first kappa shape index (κ1) is 13.6. The third-order valence-electron chi connectivity index (χ3n) is 3.84. The van der Waals surface area contributed by atoms with Crippen LogP contribution in [-0.4, -0.2) is 11.8 Å². The van der Waals surface area contributed by atoms with Crippen LogP contribution in [0.4, 0.5) is 0 Å². The summed E-state index contributed by atoms with van der Waals surface area (Å²) in [5.74, 6) is -0.328. The molecule has 0 spiro atoms. The fraction of sp³-hybridized carbons (Fsp3) is 0.222. The first-order valence-corrected chi connectivity index (χ1v) is 6.94. The predicted octanol–water partition coefficient (Wildman–Crippen LogP) is 3.45. The molecule has 3 heteroatoms. The number of esters is 1. The predicted molar refractivity (Wildman–Crippen MR) is 79.9 cm³/mol. The quantitative estimate of drug-likeness (QED) is 0.809. The largest absolute Gasteiger partial charge is 0.461 e. The molecular weight excluding hydrogens is 264 g/mol. The van der Waals surface area contributed by atoms with E-state index in [0.717, 1.165) is 27.8 Å². The van der Waals surface area contributed by atoms with Crippen molar-refractivity contribution < 1.29 is 14.3 Å². The topological polar surface area (TPSA) is 43.4 Å². The summed E-state index contributed by atoms with van der Waals surface area (Å²) >= 11 is 0. The first-order chi connectivity index (χ1) is 10.1. The average molecular weight is 280 g/mol. The summed E-state index contributed by atoms with van der Waals surface area (Å²) in [5.41, 5.74) is 5.19. The summed E-state index contributed by atoms with van der Waals surface area (Å²) < 4.78 is 5.04. The van der Waals surface area contributed by atoms with Crippen molar-refractivity contribution in [3.8, 4) is 11.1 Å². The molecule has 2 aromatic rings. The SMILES string of the molecule is CC(=O)OCc1ccc2c(c1)-c1ccccc1C2C(C)=O. The zero-order chi connectivity index (χ0) is 15.0. The fourth-order valence-corrected chi connectivity index (χ4v) is 2.96. The molecule has 0 saturated heterocycles. The van der Waals surface area contributed by atoms with E-state index in [1.807, 2.05) is 42.5 Å². The van der Waals surface area contributed by atoms with Crippen LogP contribution in [0.15, 0.2) is 42.5 Å². The second-order valence-electron chi connectivity index (χ2n) is 5.33. The molecule has 1 unspecified atom stereocenters. The molecule has 0 aliphatic heterocycles. The highest BCUT2D eigenvalue weighted by Crippen LogP contribution is 2.45. The van der Waals surface area contributed by atoms with Crippen molar-refractivity contribution >= 4 is 11.8 Å². The second-order valence-corrected chi connectivity index (χ2v) is 5.33. The van der Waals surface area contributed by atoms with Crippen molar-refractivity contribution in [3.63, 3.8) is 0 Å². The number of ketones is 1. The van der Waals surface area contributed by atoms with Crippen molar-refractivity contribution in [1.29, 1.82) is 0 Å². The van der Waals surface area contributed by atoms with E-state index in [9.17, 15) is 9.59 Å². The van der Waals surface area contributed by atoms with E-state index in [0.29, 0.717) is 0 Å². The van der Waals surface area contributed by atoms with Crippen LogP contribution in [0.1, 0.15) is 36.5 Å². The van der Waals surface area contributed by atoms with E-state index >= 15 is 0 Å². The van der Waals surface area contributed by atoms with Gasteiger partial charge >= 0.3 is 5.97 Å². The summed E-state index contributed by atoms with van der Waals surface area (Å²) in [4.78, 5) is 22.9. The van der Waals surface area contributed by atoms with Crippen molar-refractivity contribution in [3.05, 3.63) is 59.2 Å². The van der Waals surface area contributed by atoms with E-state index in [2.05, 4.69) is 0 Å². The van der Waals surface area contributed by atoms with Gasteiger partial charge in [0, 0.05) is 6.92 Å². The van der Waals surface area contributed by atoms with Crippen LogP contribution < -0.4 is 0 Å². The molecule has 0 amide bonds. The number of ether oxygens (including phenoxy) is 1. The number of Topliss-reactive ketones (excluding diaryl/α,β-unsaturated/α-hetero) is 1. The Balaban J connectivity index is 2.07. The van der Waals surface area contributed by atoms with Crippen LogP contribution in [0.3, 0.4) is 0 Å². The molecule has 0 fully saturated rings. The maximum Gasteiger partial charge on any atom is 0.302 e. The second kappa shape index (κ2) is 5.17.